The Morgan fingerprint density at radius 1 is 1.36 bits per heavy atom. The van der Waals surface area contributed by atoms with Crippen molar-refractivity contribution in [1.82, 2.24) is 5.16 Å². The number of rotatable bonds is 4. The maximum atomic E-state index is 12.0. The van der Waals surface area contributed by atoms with Gasteiger partial charge in [-0.1, -0.05) is 35.0 Å². The lowest BCUT2D eigenvalue weighted by molar-refractivity contribution is -0.144. The maximum Gasteiger partial charge on any atom is 0.310 e. The summed E-state index contributed by atoms with van der Waals surface area (Å²) in [5, 5.41) is 5.48. The second-order valence-corrected chi connectivity index (χ2v) is 6.49. The van der Waals surface area contributed by atoms with Gasteiger partial charge in [-0.25, -0.2) is 0 Å². The zero-order valence-electron chi connectivity index (χ0n) is 12.2. The number of hydrogen-bond donors (Lipinski definition) is 0. The number of carbonyl (C=O) groups excluding carboxylic acids is 1. The van der Waals surface area contributed by atoms with Gasteiger partial charge in [0.1, 0.15) is 12.4 Å². The van der Waals surface area contributed by atoms with Crippen LogP contribution in [0, 0.1) is 13.8 Å². The summed E-state index contributed by atoms with van der Waals surface area (Å²) in [7, 11) is 0. The molecule has 2 heterocycles. The summed E-state index contributed by atoms with van der Waals surface area (Å²) >= 11 is 7.87. The Bertz CT molecular complexity index is 818. The fraction of sp³-hybridized carbons (Fsp3) is 0.250. The van der Waals surface area contributed by atoms with Crippen LogP contribution >= 0.6 is 22.9 Å². The molecule has 0 aliphatic carbocycles. The smallest absolute Gasteiger partial charge is 0.310 e. The number of nitrogens with zero attached hydrogens (tertiary/aromatic N) is 1. The lowest BCUT2D eigenvalue weighted by atomic mass is 10.1. The van der Waals surface area contributed by atoms with Crippen molar-refractivity contribution in [3.8, 4) is 0 Å². The quantitative estimate of drug-likeness (QED) is 0.661. The number of benzene rings is 1. The van der Waals surface area contributed by atoms with E-state index in [2.05, 4.69) is 5.16 Å². The highest BCUT2D eigenvalue weighted by atomic mass is 35.5. The molecule has 0 saturated carbocycles. The molecule has 114 valence electrons. The van der Waals surface area contributed by atoms with E-state index in [0.29, 0.717) is 16.5 Å². The summed E-state index contributed by atoms with van der Waals surface area (Å²) < 4.78 is 11.5. The fourth-order valence-electron chi connectivity index (χ4n) is 2.25. The molecular weight excluding hydrogens is 322 g/mol. The van der Waals surface area contributed by atoms with Crippen molar-refractivity contribution < 1.29 is 14.1 Å². The standard InChI is InChI=1S/C16H14ClNO3S/c1-9-12(10(2)21-18-9)7-15(19)20-8-14-16(17)11-5-3-4-6-13(11)22-14/h3-6H,7-8H2,1-2H3. The molecule has 4 nitrogen and oxygen atoms in total. The van der Waals surface area contributed by atoms with Crippen molar-refractivity contribution in [2.75, 3.05) is 0 Å². The minimum atomic E-state index is -0.317. The van der Waals surface area contributed by atoms with Crippen LogP contribution in [0.1, 0.15) is 21.9 Å². The minimum Gasteiger partial charge on any atom is -0.460 e. The zero-order chi connectivity index (χ0) is 15.7. The van der Waals surface area contributed by atoms with Gasteiger partial charge >= 0.3 is 5.97 Å². The van der Waals surface area contributed by atoms with Crippen molar-refractivity contribution >= 4 is 39.0 Å². The van der Waals surface area contributed by atoms with E-state index in [1.54, 1.807) is 18.3 Å². The van der Waals surface area contributed by atoms with Gasteiger partial charge in [-0.3, -0.25) is 4.79 Å². The van der Waals surface area contributed by atoms with Crippen LogP contribution in [-0.4, -0.2) is 11.1 Å². The normalized spacial score (nSPS) is 11.0. The Labute approximate surface area is 136 Å². The van der Waals surface area contributed by atoms with Crippen molar-refractivity contribution in [3.05, 3.63) is 51.2 Å². The highest BCUT2D eigenvalue weighted by Gasteiger charge is 2.16. The number of thiophene rings is 1. The summed E-state index contributed by atoms with van der Waals surface area (Å²) in [6.45, 7) is 3.77. The van der Waals surface area contributed by atoms with Gasteiger partial charge in [0.25, 0.3) is 0 Å². The van der Waals surface area contributed by atoms with Crippen LogP contribution in [0.15, 0.2) is 28.8 Å². The summed E-state index contributed by atoms with van der Waals surface area (Å²) in [5.41, 5.74) is 1.50. The average molecular weight is 336 g/mol. The molecule has 22 heavy (non-hydrogen) atoms. The lowest BCUT2D eigenvalue weighted by Gasteiger charge is -2.03. The number of halogens is 1. The molecule has 0 aliphatic rings. The molecule has 3 rings (SSSR count). The zero-order valence-corrected chi connectivity index (χ0v) is 13.8. The molecule has 2 aromatic heterocycles. The van der Waals surface area contributed by atoms with Gasteiger partial charge in [0.15, 0.2) is 0 Å². The second-order valence-electron chi connectivity index (χ2n) is 4.98. The van der Waals surface area contributed by atoms with Crippen molar-refractivity contribution in [2.45, 2.75) is 26.9 Å². The van der Waals surface area contributed by atoms with E-state index >= 15 is 0 Å². The number of aromatic nitrogens is 1. The van der Waals surface area contributed by atoms with Gasteiger partial charge < -0.3 is 9.26 Å². The van der Waals surface area contributed by atoms with Crippen LogP contribution in [0.5, 0.6) is 0 Å². The number of carbonyl (C=O) groups is 1. The van der Waals surface area contributed by atoms with Crippen LogP contribution in [-0.2, 0) is 22.6 Å². The first-order valence-electron chi connectivity index (χ1n) is 6.79. The molecule has 0 saturated heterocycles. The third kappa shape index (κ3) is 2.87. The van der Waals surface area contributed by atoms with Crippen LogP contribution < -0.4 is 0 Å². The average Bonchev–Trinajstić information content (AvgIpc) is 3.00. The first-order valence-corrected chi connectivity index (χ1v) is 7.99. The van der Waals surface area contributed by atoms with Crippen LogP contribution in [0.3, 0.4) is 0 Å². The highest BCUT2D eigenvalue weighted by Crippen LogP contribution is 2.35. The van der Waals surface area contributed by atoms with Gasteiger partial charge in [-0.05, 0) is 19.9 Å². The molecule has 0 fully saturated rings. The Morgan fingerprint density at radius 3 is 2.82 bits per heavy atom. The molecule has 0 atom stereocenters. The van der Waals surface area contributed by atoms with E-state index in [0.717, 1.165) is 20.5 Å². The molecule has 3 aromatic rings. The van der Waals surface area contributed by atoms with E-state index < -0.39 is 0 Å². The van der Waals surface area contributed by atoms with Gasteiger partial charge in [-0.2, -0.15) is 0 Å². The van der Waals surface area contributed by atoms with E-state index in [1.807, 2.05) is 31.2 Å². The number of fused-ring (bicyclic) bond motifs is 1. The molecule has 0 spiro atoms. The molecule has 0 unspecified atom stereocenters. The van der Waals surface area contributed by atoms with E-state index in [1.165, 1.54) is 0 Å². The molecule has 1 aromatic carbocycles. The van der Waals surface area contributed by atoms with Crippen LogP contribution in [0.25, 0.3) is 10.1 Å². The number of aryl methyl sites for hydroxylation is 2. The van der Waals surface area contributed by atoms with Crippen LogP contribution in [0.4, 0.5) is 0 Å². The van der Waals surface area contributed by atoms with Crippen LogP contribution in [0.2, 0.25) is 5.02 Å². The van der Waals surface area contributed by atoms with Crippen molar-refractivity contribution in [3.63, 3.8) is 0 Å². The SMILES string of the molecule is Cc1noc(C)c1CC(=O)OCc1sc2ccccc2c1Cl. The topological polar surface area (TPSA) is 52.3 Å². The highest BCUT2D eigenvalue weighted by molar-refractivity contribution is 7.19. The number of ether oxygens (including phenoxy) is 1. The Balaban J connectivity index is 1.69. The Hall–Kier alpha value is -1.85. The lowest BCUT2D eigenvalue weighted by Crippen LogP contribution is -2.08. The minimum absolute atomic E-state index is 0.156. The monoisotopic (exact) mass is 335 g/mol. The summed E-state index contributed by atoms with van der Waals surface area (Å²) in [4.78, 5) is 12.8. The Kier molecular flexibility index (Phi) is 4.18. The number of esters is 1. The molecule has 0 aliphatic heterocycles. The largest absolute Gasteiger partial charge is 0.460 e. The van der Waals surface area contributed by atoms with Crippen molar-refractivity contribution in [2.24, 2.45) is 0 Å². The summed E-state index contributed by atoms with van der Waals surface area (Å²) in [5.74, 6) is 0.331. The van der Waals surface area contributed by atoms with Gasteiger partial charge in [0.05, 0.1) is 22.0 Å². The maximum absolute atomic E-state index is 12.0. The Morgan fingerprint density at radius 2 is 2.14 bits per heavy atom. The first-order chi connectivity index (χ1) is 10.6. The van der Waals surface area contributed by atoms with Gasteiger partial charge in [0, 0.05) is 15.6 Å². The number of hydrogen-bond acceptors (Lipinski definition) is 5. The molecule has 0 bridgehead atoms. The molecule has 0 amide bonds. The third-order valence-electron chi connectivity index (χ3n) is 3.47. The van der Waals surface area contributed by atoms with E-state index in [4.69, 9.17) is 20.9 Å². The fourth-order valence-corrected chi connectivity index (χ4v) is 3.65. The predicted molar refractivity (Wildman–Crippen MR) is 86.3 cm³/mol. The summed E-state index contributed by atoms with van der Waals surface area (Å²) in [6.07, 6.45) is 0.156. The van der Waals surface area contributed by atoms with Gasteiger partial charge in [-0.15, -0.1) is 11.3 Å². The predicted octanol–water partition coefficient (Wildman–Crippen LogP) is 4.45. The van der Waals surface area contributed by atoms with E-state index in [9.17, 15) is 4.79 Å². The first kappa shape index (κ1) is 15.1. The van der Waals surface area contributed by atoms with Crippen molar-refractivity contribution in [1.29, 1.82) is 0 Å². The molecule has 0 radical (unpaired) electrons. The summed E-state index contributed by atoms with van der Waals surface area (Å²) in [6, 6.07) is 7.86. The third-order valence-corrected chi connectivity index (χ3v) is 5.16. The molecule has 6 heteroatoms. The van der Waals surface area contributed by atoms with Gasteiger partial charge in [0.2, 0.25) is 0 Å². The second kappa shape index (κ2) is 6.10. The van der Waals surface area contributed by atoms with E-state index in [-0.39, 0.29) is 19.0 Å². The molecular formula is C16H14ClNO3S. The molecule has 0 N–H and O–H groups in total.